The van der Waals surface area contributed by atoms with Crippen LogP contribution in [0.1, 0.15) is 43.2 Å². The maximum absolute atomic E-state index is 13.6. The molecule has 0 saturated carbocycles. The van der Waals surface area contributed by atoms with Crippen LogP contribution in [-0.4, -0.2) is 52.1 Å². The van der Waals surface area contributed by atoms with Gasteiger partial charge in [-0.15, -0.1) is 0 Å². The number of benzene rings is 3. The van der Waals surface area contributed by atoms with E-state index in [0.29, 0.717) is 11.5 Å². The summed E-state index contributed by atoms with van der Waals surface area (Å²) in [4.78, 5) is 49.8. The van der Waals surface area contributed by atoms with E-state index in [1.807, 2.05) is 55.5 Å². The second kappa shape index (κ2) is 11.8. The van der Waals surface area contributed by atoms with Crippen LogP contribution in [0.25, 0.3) is 10.8 Å². The zero-order chi connectivity index (χ0) is 27.2. The van der Waals surface area contributed by atoms with Gasteiger partial charge in [-0.1, -0.05) is 42.5 Å². The number of carbonyl (C=O) groups is 4. The van der Waals surface area contributed by atoms with Crippen LogP contribution in [0, 0.1) is 5.92 Å². The molecule has 0 radical (unpaired) electrons. The highest BCUT2D eigenvalue weighted by atomic mass is 16.7. The molecule has 0 bridgehead atoms. The molecule has 0 aromatic heterocycles. The molecule has 0 spiro atoms. The summed E-state index contributed by atoms with van der Waals surface area (Å²) in [6.45, 7) is 2.06. The van der Waals surface area contributed by atoms with Gasteiger partial charge in [-0.25, -0.2) is 0 Å². The van der Waals surface area contributed by atoms with E-state index in [4.69, 9.17) is 14.6 Å². The number of hydrogen-bond acceptors (Lipinski definition) is 6. The number of carbonyl (C=O) groups excluding carboxylic acids is 2. The van der Waals surface area contributed by atoms with Gasteiger partial charge >= 0.3 is 11.9 Å². The first-order chi connectivity index (χ1) is 18.3. The van der Waals surface area contributed by atoms with Gasteiger partial charge in [-0.2, -0.15) is 0 Å². The maximum atomic E-state index is 13.6. The second-order valence-electron chi connectivity index (χ2n) is 9.40. The molecule has 38 heavy (non-hydrogen) atoms. The molecule has 2 unspecified atom stereocenters. The van der Waals surface area contributed by atoms with Gasteiger partial charge in [-0.05, 0) is 47.0 Å². The fourth-order valence-electron chi connectivity index (χ4n) is 4.85. The standard InChI is InChI=1S/C29H29NO8/c1-18(24(10-11-31)22-8-9-25-26(13-22)38-17-37-25)30(27(32)14-23(29(35)36)15-28(33)34)16-19-6-7-20-4-2-3-5-21(20)12-19/h2-9,11-13,18,23-24H,10,14-17H2,1H3,(H,33,34)(H,35,36)/t18?,23-,24?/m1/s1. The Morgan fingerprint density at radius 1 is 0.947 bits per heavy atom. The van der Waals surface area contributed by atoms with Gasteiger partial charge in [0.25, 0.3) is 0 Å². The van der Waals surface area contributed by atoms with Gasteiger partial charge in [0.05, 0.1) is 12.3 Å². The van der Waals surface area contributed by atoms with Crippen molar-refractivity contribution in [1.29, 1.82) is 0 Å². The van der Waals surface area contributed by atoms with Gasteiger partial charge < -0.3 is 29.4 Å². The molecule has 0 fully saturated rings. The number of aliphatic carboxylic acids is 2. The van der Waals surface area contributed by atoms with Crippen molar-refractivity contribution >= 4 is 34.9 Å². The maximum Gasteiger partial charge on any atom is 0.307 e. The number of hydrogen-bond donors (Lipinski definition) is 2. The quantitative estimate of drug-likeness (QED) is 0.340. The first-order valence-electron chi connectivity index (χ1n) is 12.3. The number of nitrogens with zero attached hydrogens (tertiary/aromatic N) is 1. The van der Waals surface area contributed by atoms with Gasteiger partial charge in [-0.3, -0.25) is 14.4 Å². The van der Waals surface area contributed by atoms with Crippen molar-refractivity contribution < 1.29 is 38.9 Å². The molecule has 0 aliphatic carbocycles. The van der Waals surface area contributed by atoms with Crippen molar-refractivity contribution in [2.75, 3.05) is 6.79 Å². The molecule has 3 aromatic carbocycles. The summed E-state index contributed by atoms with van der Waals surface area (Å²) >= 11 is 0. The van der Waals surface area contributed by atoms with Gasteiger partial charge in [0, 0.05) is 31.3 Å². The summed E-state index contributed by atoms with van der Waals surface area (Å²) in [6, 6.07) is 18.4. The minimum atomic E-state index is -1.37. The highest BCUT2D eigenvalue weighted by Crippen LogP contribution is 2.37. The van der Waals surface area contributed by atoms with E-state index < -0.39 is 48.6 Å². The smallest absolute Gasteiger partial charge is 0.307 e. The molecule has 3 aromatic rings. The molecule has 1 amide bonds. The summed E-state index contributed by atoms with van der Waals surface area (Å²) in [5.41, 5.74) is 1.59. The van der Waals surface area contributed by atoms with E-state index in [1.165, 1.54) is 0 Å². The fraction of sp³-hybridized carbons (Fsp3) is 0.310. The normalized spacial score (nSPS) is 14.4. The molecular formula is C29H29NO8. The van der Waals surface area contributed by atoms with E-state index in [2.05, 4.69) is 0 Å². The first-order valence-corrected chi connectivity index (χ1v) is 12.3. The second-order valence-corrected chi connectivity index (χ2v) is 9.40. The molecule has 0 saturated heterocycles. The molecule has 1 heterocycles. The minimum Gasteiger partial charge on any atom is -0.481 e. The van der Waals surface area contributed by atoms with Crippen molar-refractivity contribution in [3.63, 3.8) is 0 Å². The van der Waals surface area contributed by atoms with Gasteiger partial charge in [0.15, 0.2) is 11.5 Å². The number of aldehydes is 1. The van der Waals surface area contributed by atoms with E-state index in [1.54, 1.807) is 17.0 Å². The molecule has 2 N–H and O–H groups in total. The van der Waals surface area contributed by atoms with Crippen LogP contribution in [0.4, 0.5) is 0 Å². The van der Waals surface area contributed by atoms with Crippen LogP contribution in [-0.2, 0) is 25.7 Å². The zero-order valence-electron chi connectivity index (χ0n) is 20.9. The summed E-state index contributed by atoms with van der Waals surface area (Å²) in [5.74, 6) is -3.80. The summed E-state index contributed by atoms with van der Waals surface area (Å²) < 4.78 is 10.9. The van der Waals surface area contributed by atoms with Crippen LogP contribution >= 0.6 is 0 Å². The number of amides is 1. The SMILES string of the molecule is CC(C(CC=O)c1ccc2c(c1)OCO2)N(Cc1ccc2ccccc2c1)C(=O)C[C@H](CC(=O)O)C(=O)O. The van der Waals surface area contributed by atoms with Crippen LogP contribution < -0.4 is 9.47 Å². The lowest BCUT2D eigenvalue weighted by molar-refractivity contribution is -0.151. The Kier molecular flexibility index (Phi) is 8.25. The Balaban J connectivity index is 1.68. The third-order valence-corrected chi connectivity index (χ3v) is 6.93. The van der Waals surface area contributed by atoms with Crippen molar-refractivity contribution in [2.24, 2.45) is 5.92 Å². The van der Waals surface area contributed by atoms with Crippen LogP contribution in [0.5, 0.6) is 11.5 Å². The van der Waals surface area contributed by atoms with Crippen molar-refractivity contribution in [3.8, 4) is 11.5 Å². The third-order valence-electron chi connectivity index (χ3n) is 6.93. The number of carboxylic acid groups (broad SMARTS) is 2. The Bertz CT molecular complexity index is 1350. The lowest BCUT2D eigenvalue weighted by Gasteiger charge is -2.35. The number of fused-ring (bicyclic) bond motifs is 2. The largest absolute Gasteiger partial charge is 0.481 e. The summed E-state index contributed by atoms with van der Waals surface area (Å²) in [5, 5.41) is 20.7. The molecular weight excluding hydrogens is 490 g/mol. The van der Waals surface area contributed by atoms with Crippen molar-refractivity contribution in [2.45, 2.75) is 44.7 Å². The van der Waals surface area contributed by atoms with Crippen molar-refractivity contribution in [3.05, 3.63) is 71.8 Å². The average Bonchev–Trinajstić information content (AvgIpc) is 3.37. The summed E-state index contributed by atoms with van der Waals surface area (Å²) in [6.07, 6.45) is -0.248. The minimum absolute atomic E-state index is 0.0966. The molecule has 198 valence electrons. The fourth-order valence-corrected chi connectivity index (χ4v) is 4.85. The first kappa shape index (κ1) is 26.7. The molecule has 9 nitrogen and oxygen atoms in total. The lowest BCUT2D eigenvalue weighted by Crippen LogP contribution is -2.43. The van der Waals surface area contributed by atoms with E-state index in [-0.39, 0.29) is 19.8 Å². The molecule has 9 heteroatoms. The topological polar surface area (TPSA) is 130 Å². The van der Waals surface area contributed by atoms with Crippen LogP contribution in [0.2, 0.25) is 0 Å². The Labute approximate surface area is 219 Å². The molecule has 1 aliphatic rings. The monoisotopic (exact) mass is 519 g/mol. The van der Waals surface area contributed by atoms with Crippen LogP contribution in [0.3, 0.4) is 0 Å². The molecule has 3 atom stereocenters. The highest BCUT2D eigenvalue weighted by Gasteiger charge is 2.33. The number of carboxylic acids is 2. The molecule has 1 aliphatic heterocycles. The van der Waals surface area contributed by atoms with E-state index in [9.17, 15) is 24.3 Å². The molecule has 4 rings (SSSR count). The Morgan fingerprint density at radius 2 is 1.68 bits per heavy atom. The zero-order valence-corrected chi connectivity index (χ0v) is 20.9. The predicted molar refractivity (Wildman–Crippen MR) is 138 cm³/mol. The van der Waals surface area contributed by atoms with Gasteiger partial charge in [0.2, 0.25) is 12.7 Å². The highest BCUT2D eigenvalue weighted by molar-refractivity contribution is 5.86. The van der Waals surface area contributed by atoms with E-state index >= 15 is 0 Å². The third kappa shape index (κ3) is 6.11. The summed E-state index contributed by atoms with van der Waals surface area (Å²) in [7, 11) is 0. The Hall–Kier alpha value is -4.40. The predicted octanol–water partition coefficient (Wildman–Crippen LogP) is 4.22. The van der Waals surface area contributed by atoms with E-state index in [0.717, 1.165) is 28.2 Å². The lowest BCUT2D eigenvalue weighted by atomic mass is 9.87. The van der Waals surface area contributed by atoms with Crippen molar-refractivity contribution in [1.82, 2.24) is 4.90 Å². The number of ether oxygens (including phenoxy) is 2. The van der Waals surface area contributed by atoms with Crippen LogP contribution in [0.15, 0.2) is 60.7 Å². The van der Waals surface area contributed by atoms with Gasteiger partial charge in [0.1, 0.15) is 6.29 Å². The average molecular weight is 520 g/mol. The number of rotatable bonds is 12. The Morgan fingerprint density at radius 3 is 2.39 bits per heavy atom.